The number of carbonyl (C=O) groups is 2. The van der Waals surface area contributed by atoms with Gasteiger partial charge in [0.15, 0.2) is 10.1 Å². The first-order chi connectivity index (χ1) is 18.8. The zero-order valence-corrected chi connectivity index (χ0v) is 23.1. The Bertz CT molecular complexity index is 1560. The van der Waals surface area contributed by atoms with E-state index < -0.39 is 11.7 Å². The number of carbonyl (C=O) groups excluding carboxylic acids is 2. The summed E-state index contributed by atoms with van der Waals surface area (Å²) in [5.74, 6) is -1.75. The summed E-state index contributed by atoms with van der Waals surface area (Å²) >= 11 is 14.5. The molecule has 1 atom stereocenters. The van der Waals surface area contributed by atoms with Crippen LogP contribution in [0.4, 0.5) is 15.3 Å². The molecule has 5 rings (SSSR count). The molecule has 1 unspecified atom stereocenters. The van der Waals surface area contributed by atoms with Crippen LogP contribution in [-0.4, -0.2) is 32.6 Å². The average Bonchev–Trinajstić information content (AvgIpc) is 3.37. The van der Waals surface area contributed by atoms with Gasteiger partial charge in [0.05, 0.1) is 28.3 Å². The number of nitrogens with one attached hydrogen (secondary N) is 1. The number of nitrogens with two attached hydrogens (primary N) is 1. The minimum Gasteiger partial charge on any atom is -0.384 e. The van der Waals surface area contributed by atoms with E-state index in [0.29, 0.717) is 38.9 Å². The quantitative estimate of drug-likeness (QED) is 0.355. The number of allylic oxidation sites excluding steroid dienone is 3. The highest BCUT2D eigenvalue weighted by Crippen LogP contribution is 2.48. The molecule has 3 heterocycles. The van der Waals surface area contributed by atoms with Gasteiger partial charge >= 0.3 is 0 Å². The normalized spacial score (nSPS) is 17.2. The van der Waals surface area contributed by atoms with Crippen LogP contribution in [0, 0.1) is 17.1 Å². The van der Waals surface area contributed by atoms with Crippen molar-refractivity contribution in [2.24, 2.45) is 5.73 Å². The SMILES string of the molecule is N#CC1=C(N)N(c2nnc(SCC(=O)Nc3ccc(Cl)cn3)s2)C2=C(C(=O)CCC2)C1c1c(F)cccc1Cl. The van der Waals surface area contributed by atoms with E-state index in [9.17, 15) is 14.9 Å². The molecule has 14 heteroatoms. The van der Waals surface area contributed by atoms with Crippen molar-refractivity contribution in [1.82, 2.24) is 15.2 Å². The lowest BCUT2D eigenvalue weighted by Gasteiger charge is -2.38. The van der Waals surface area contributed by atoms with E-state index in [4.69, 9.17) is 28.9 Å². The standard InChI is InChI=1S/C25H18Cl2FN7O2S2/c26-12-7-8-18(31-10-12)32-19(37)11-38-25-34-33-24(39-25)35-16-5-2-6-17(36)22(16)20(13(9-29)23(35)30)21-14(27)3-1-4-15(21)28/h1,3-4,7-8,10,20H,2,5-6,11,30H2,(H,31,32,37). The van der Waals surface area contributed by atoms with Crippen LogP contribution in [0.15, 0.2) is 63.5 Å². The van der Waals surface area contributed by atoms with Gasteiger partial charge in [0.1, 0.15) is 17.5 Å². The molecule has 9 nitrogen and oxygen atoms in total. The predicted molar refractivity (Wildman–Crippen MR) is 148 cm³/mol. The summed E-state index contributed by atoms with van der Waals surface area (Å²) in [6, 6.07) is 9.48. The van der Waals surface area contributed by atoms with Crippen molar-refractivity contribution in [1.29, 1.82) is 5.26 Å². The third kappa shape index (κ3) is 5.35. The molecule has 3 N–H and O–H groups in total. The Morgan fingerprint density at radius 2 is 2.10 bits per heavy atom. The predicted octanol–water partition coefficient (Wildman–Crippen LogP) is 5.41. The fourth-order valence-corrected chi connectivity index (χ4v) is 6.55. The maximum Gasteiger partial charge on any atom is 0.235 e. The maximum atomic E-state index is 15.0. The van der Waals surface area contributed by atoms with E-state index in [2.05, 4.69) is 26.6 Å². The molecule has 1 amide bonds. The molecule has 0 fully saturated rings. The lowest BCUT2D eigenvalue weighted by Crippen LogP contribution is -2.39. The Kier molecular flexibility index (Phi) is 7.86. The summed E-state index contributed by atoms with van der Waals surface area (Å²) in [5.41, 5.74) is 7.34. The van der Waals surface area contributed by atoms with Gasteiger partial charge in [-0.25, -0.2) is 9.37 Å². The highest BCUT2D eigenvalue weighted by Gasteiger charge is 2.42. The minimum absolute atomic E-state index is 0.00440. The number of hydrogen-bond acceptors (Lipinski definition) is 10. The van der Waals surface area contributed by atoms with Crippen molar-refractivity contribution in [3.05, 3.63) is 80.6 Å². The fraction of sp³-hybridized carbons (Fsp3) is 0.200. The number of nitrogens with zero attached hydrogens (tertiary/aromatic N) is 5. The first kappa shape index (κ1) is 27.1. The summed E-state index contributed by atoms with van der Waals surface area (Å²) in [4.78, 5) is 31.1. The van der Waals surface area contributed by atoms with E-state index in [-0.39, 0.29) is 51.4 Å². The lowest BCUT2D eigenvalue weighted by atomic mass is 9.75. The molecule has 1 aliphatic heterocycles. The van der Waals surface area contributed by atoms with Crippen LogP contribution in [0.25, 0.3) is 0 Å². The second-order valence-corrected chi connectivity index (χ2v) is 11.5. The topological polar surface area (TPSA) is 138 Å². The molecule has 2 aromatic heterocycles. The van der Waals surface area contributed by atoms with E-state index in [0.717, 1.165) is 23.1 Å². The second-order valence-electron chi connectivity index (χ2n) is 8.50. The molecule has 3 aromatic rings. The van der Waals surface area contributed by atoms with E-state index >= 15 is 4.39 Å². The average molecular weight is 603 g/mol. The number of Topliss-reactive ketones (excluding diaryl/α,β-unsaturated/α-hetero) is 1. The Hall–Kier alpha value is -3.50. The summed E-state index contributed by atoms with van der Waals surface area (Å²) in [5, 5.41) is 22.0. The van der Waals surface area contributed by atoms with Crippen LogP contribution >= 0.6 is 46.3 Å². The minimum atomic E-state index is -1.03. The summed E-state index contributed by atoms with van der Waals surface area (Å²) in [6.45, 7) is 0. The van der Waals surface area contributed by atoms with Crippen molar-refractivity contribution >= 4 is 68.9 Å². The van der Waals surface area contributed by atoms with Gasteiger partial charge in [-0.3, -0.25) is 14.5 Å². The largest absolute Gasteiger partial charge is 0.384 e. The molecule has 39 heavy (non-hydrogen) atoms. The molecule has 198 valence electrons. The zero-order valence-electron chi connectivity index (χ0n) is 20.0. The third-order valence-corrected chi connectivity index (χ3v) is 8.71. The van der Waals surface area contributed by atoms with Crippen LogP contribution in [0.3, 0.4) is 0 Å². The first-order valence-corrected chi connectivity index (χ1v) is 14.1. The maximum absolute atomic E-state index is 15.0. The molecule has 1 aromatic carbocycles. The number of amides is 1. The van der Waals surface area contributed by atoms with Crippen LogP contribution in [0.2, 0.25) is 10.0 Å². The third-order valence-electron chi connectivity index (χ3n) is 6.11. The van der Waals surface area contributed by atoms with Crippen LogP contribution < -0.4 is 16.0 Å². The lowest BCUT2D eigenvalue weighted by molar-refractivity contribution is -0.116. The number of aromatic nitrogens is 3. The van der Waals surface area contributed by atoms with Gasteiger partial charge in [0.25, 0.3) is 0 Å². The number of nitriles is 1. The molecule has 0 spiro atoms. The number of ketones is 1. The van der Waals surface area contributed by atoms with Gasteiger partial charge in [-0.1, -0.05) is 52.4 Å². The van der Waals surface area contributed by atoms with E-state index in [1.54, 1.807) is 12.1 Å². The smallest absolute Gasteiger partial charge is 0.235 e. The van der Waals surface area contributed by atoms with Gasteiger partial charge in [-0.2, -0.15) is 5.26 Å². The van der Waals surface area contributed by atoms with E-state index in [1.165, 1.54) is 29.3 Å². The van der Waals surface area contributed by atoms with Gasteiger partial charge in [-0.15, -0.1) is 10.2 Å². The van der Waals surface area contributed by atoms with Crippen molar-refractivity contribution in [3.8, 4) is 6.07 Å². The number of halogens is 3. The first-order valence-electron chi connectivity index (χ1n) is 11.6. The van der Waals surface area contributed by atoms with Crippen LogP contribution in [0.5, 0.6) is 0 Å². The number of rotatable bonds is 6. The van der Waals surface area contributed by atoms with Gasteiger partial charge in [0.2, 0.25) is 11.0 Å². The summed E-state index contributed by atoms with van der Waals surface area (Å²) < 4.78 is 15.5. The number of anilines is 2. The molecule has 0 radical (unpaired) electrons. The molecule has 2 aliphatic rings. The number of hydrogen-bond donors (Lipinski definition) is 2. The Morgan fingerprint density at radius 1 is 1.28 bits per heavy atom. The monoisotopic (exact) mass is 601 g/mol. The number of benzene rings is 1. The second kappa shape index (κ2) is 11.3. The Morgan fingerprint density at radius 3 is 2.82 bits per heavy atom. The summed E-state index contributed by atoms with van der Waals surface area (Å²) in [6.07, 6.45) is 2.70. The Balaban J connectivity index is 1.45. The van der Waals surface area contributed by atoms with Gasteiger partial charge < -0.3 is 11.1 Å². The van der Waals surface area contributed by atoms with Gasteiger partial charge in [0, 0.05) is 34.5 Å². The Labute approximate surface area is 240 Å². The molecule has 0 saturated carbocycles. The molecule has 1 aliphatic carbocycles. The number of thioether (sulfide) groups is 1. The van der Waals surface area contributed by atoms with Crippen molar-refractivity contribution < 1.29 is 14.0 Å². The fourth-order valence-electron chi connectivity index (χ4n) is 4.49. The summed E-state index contributed by atoms with van der Waals surface area (Å²) in [7, 11) is 0. The van der Waals surface area contributed by atoms with E-state index in [1.807, 2.05) is 0 Å². The van der Waals surface area contributed by atoms with Gasteiger partial charge in [-0.05, 0) is 37.1 Å². The zero-order chi connectivity index (χ0) is 27.7. The highest BCUT2D eigenvalue weighted by atomic mass is 35.5. The van der Waals surface area contributed by atoms with Crippen LogP contribution in [0.1, 0.15) is 30.7 Å². The molecular weight excluding hydrogens is 584 g/mol. The number of pyridine rings is 1. The van der Waals surface area contributed by atoms with Crippen LogP contribution in [-0.2, 0) is 9.59 Å². The molecule has 0 bridgehead atoms. The van der Waals surface area contributed by atoms with Crippen molar-refractivity contribution in [2.45, 2.75) is 29.5 Å². The van der Waals surface area contributed by atoms with Crippen molar-refractivity contribution in [3.63, 3.8) is 0 Å². The van der Waals surface area contributed by atoms with Crippen molar-refractivity contribution in [2.75, 3.05) is 16.0 Å². The highest BCUT2D eigenvalue weighted by molar-refractivity contribution is 8.01. The molecule has 0 saturated heterocycles. The molecular formula is C25H18Cl2FN7O2S2.